The lowest BCUT2D eigenvalue weighted by Gasteiger charge is -1.99. The van der Waals surface area contributed by atoms with Gasteiger partial charge in [-0.05, 0) is 42.8 Å². The van der Waals surface area contributed by atoms with Crippen molar-refractivity contribution in [3.05, 3.63) is 34.7 Å². The van der Waals surface area contributed by atoms with Crippen molar-refractivity contribution in [2.24, 2.45) is 0 Å². The van der Waals surface area contributed by atoms with Gasteiger partial charge in [0.1, 0.15) is 0 Å². The van der Waals surface area contributed by atoms with Crippen LogP contribution in [0.1, 0.15) is 30.2 Å². The molecule has 0 saturated carbocycles. The Morgan fingerprint density at radius 1 is 1.21 bits per heavy atom. The average molecular weight is 204 g/mol. The van der Waals surface area contributed by atoms with Gasteiger partial charge in [-0.1, -0.05) is 25.5 Å². The SMILES string of the molecule is CCCCc1ccc2sc(C)cc2c1. The first-order chi connectivity index (χ1) is 6.79. The van der Waals surface area contributed by atoms with Gasteiger partial charge in [-0.2, -0.15) is 0 Å². The van der Waals surface area contributed by atoms with Crippen molar-refractivity contribution in [2.75, 3.05) is 0 Å². The van der Waals surface area contributed by atoms with Crippen molar-refractivity contribution in [3.8, 4) is 0 Å². The summed E-state index contributed by atoms with van der Waals surface area (Å²) in [6.45, 7) is 4.42. The van der Waals surface area contributed by atoms with Crippen molar-refractivity contribution >= 4 is 21.4 Å². The number of benzene rings is 1. The lowest BCUT2D eigenvalue weighted by atomic mass is 10.1. The molecule has 0 spiro atoms. The molecule has 0 bridgehead atoms. The molecule has 0 nitrogen and oxygen atoms in total. The normalized spacial score (nSPS) is 11.0. The lowest BCUT2D eigenvalue weighted by Crippen LogP contribution is -1.82. The third-order valence-electron chi connectivity index (χ3n) is 2.52. The van der Waals surface area contributed by atoms with Crippen molar-refractivity contribution < 1.29 is 0 Å². The summed E-state index contributed by atoms with van der Waals surface area (Å²) in [5, 5.41) is 1.42. The average Bonchev–Trinajstić information content (AvgIpc) is 2.54. The summed E-state index contributed by atoms with van der Waals surface area (Å²) in [5.41, 5.74) is 1.48. The summed E-state index contributed by atoms with van der Waals surface area (Å²) in [6, 6.07) is 9.16. The maximum atomic E-state index is 2.34. The van der Waals surface area contributed by atoms with E-state index in [1.165, 1.54) is 39.8 Å². The van der Waals surface area contributed by atoms with Crippen LogP contribution < -0.4 is 0 Å². The summed E-state index contributed by atoms with van der Waals surface area (Å²) in [7, 11) is 0. The van der Waals surface area contributed by atoms with E-state index in [9.17, 15) is 0 Å². The third kappa shape index (κ3) is 1.98. The number of fused-ring (bicyclic) bond motifs is 1. The van der Waals surface area contributed by atoms with E-state index < -0.39 is 0 Å². The van der Waals surface area contributed by atoms with E-state index in [1.807, 2.05) is 11.3 Å². The summed E-state index contributed by atoms with van der Waals surface area (Å²) in [6.07, 6.45) is 3.80. The lowest BCUT2D eigenvalue weighted by molar-refractivity contribution is 0.796. The highest BCUT2D eigenvalue weighted by atomic mass is 32.1. The minimum Gasteiger partial charge on any atom is -0.141 e. The molecule has 0 aliphatic heterocycles. The molecule has 1 heterocycles. The van der Waals surface area contributed by atoms with Crippen LogP contribution in [0.4, 0.5) is 0 Å². The fourth-order valence-electron chi connectivity index (χ4n) is 1.76. The Hall–Kier alpha value is -0.820. The summed E-state index contributed by atoms with van der Waals surface area (Å²) < 4.78 is 1.42. The molecular weight excluding hydrogens is 188 g/mol. The van der Waals surface area contributed by atoms with Crippen molar-refractivity contribution in [2.45, 2.75) is 33.1 Å². The molecule has 0 radical (unpaired) electrons. The Morgan fingerprint density at radius 2 is 2.07 bits per heavy atom. The topological polar surface area (TPSA) is 0 Å². The fraction of sp³-hybridized carbons (Fsp3) is 0.385. The van der Waals surface area contributed by atoms with Crippen LogP contribution >= 0.6 is 11.3 Å². The molecule has 0 amide bonds. The number of hydrogen-bond acceptors (Lipinski definition) is 1. The van der Waals surface area contributed by atoms with Gasteiger partial charge in [0.25, 0.3) is 0 Å². The third-order valence-corrected chi connectivity index (χ3v) is 3.55. The highest BCUT2D eigenvalue weighted by Crippen LogP contribution is 2.26. The molecule has 74 valence electrons. The molecule has 1 heteroatoms. The molecule has 0 N–H and O–H groups in total. The van der Waals surface area contributed by atoms with Crippen LogP contribution in [0.25, 0.3) is 10.1 Å². The molecule has 0 aliphatic rings. The second-order valence-electron chi connectivity index (χ2n) is 3.83. The van der Waals surface area contributed by atoms with Crippen molar-refractivity contribution in [1.82, 2.24) is 0 Å². The van der Waals surface area contributed by atoms with E-state index in [1.54, 1.807) is 0 Å². The van der Waals surface area contributed by atoms with Gasteiger partial charge in [-0.15, -0.1) is 11.3 Å². The molecule has 2 rings (SSSR count). The van der Waals surface area contributed by atoms with Crippen LogP contribution in [-0.4, -0.2) is 0 Å². The molecule has 0 aliphatic carbocycles. The quantitative estimate of drug-likeness (QED) is 0.688. The van der Waals surface area contributed by atoms with E-state index in [-0.39, 0.29) is 0 Å². The highest BCUT2D eigenvalue weighted by Gasteiger charge is 1.99. The van der Waals surface area contributed by atoms with Crippen molar-refractivity contribution in [1.29, 1.82) is 0 Å². The van der Waals surface area contributed by atoms with Crippen LogP contribution in [-0.2, 0) is 6.42 Å². The first kappa shape index (κ1) is 9.72. The van der Waals surface area contributed by atoms with Crippen LogP contribution in [0.15, 0.2) is 24.3 Å². The molecule has 0 saturated heterocycles. The van der Waals surface area contributed by atoms with Gasteiger partial charge < -0.3 is 0 Å². The largest absolute Gasteiger partial charge is 0.141 e. The monoisotopic (exact) mass is 204 g/mol. The number of rotatable bonds is 3. The smallest absolute Gasteiger partial charge is 0.0345 e. The Balaban J connectivity index is 2.31. The Kier molecular flexibility index (Phi) is 2.87. The van der Waals surface area contributed by atoms with Crippen LogP contribution in [0.3, 0.4) is 0 Å². The first-order valence-corrected chi connectivity index (χ1v) is 6.10. The molecule has 0 unspecified atom stereocenters. The Morgan fingerprint density at radius 3 is 2.86 bits per heavy atom. The van der Waals surface area contributed by atoms with E-state index in [4.69, 9.17) is 0 Å². The second kappa shape index (κ2) is 4.14. The van der Waals surface area contributed by atoms with E-state index in [0.29, 0.717) is 0 Å². The molecule has 1 aromatic heterocycles. The van der Waals surface area contributed by atoms with Gasteiger partial charge in [-0.25, -0.2) is 0 Å². The maximum absolute atomic E-state index is 2.34. The second-order valence-corrected chi connectivity index (χ2v) is 5.12. The van der Waals surface area contributed by atoms with Crippen LogP contribution in [0, 0.1) is 6.92 Å². The molecule has 0 fully saturated rings. The van der Waals surface area contributed by atoms with E-state index >= 15 is 0 Å². The summed E-state index contributed by atoms with van der Waals surface area (Å²) in [5.74, 6) is 0. The predicted molar refractivity (Wildman–Crippen MR) is 65.2 cm³/mol. The maximum Gasteiger partial charge on any atom is 0.0345 e. The van der Waals surface area contributed by atoms with Gasteiger partial charge in [0, 0.05) is 9.58 Å². The van der Waals surface area contributed by atoms with Gasteiger partial charge >= 0.3 is 0 Å². The number of unbranched alkanes of at least 4 members (excludes halogenated alkanes) is 1. The van der Waals surface area contributed by atoms with E-state index in [2.05, 4.69) is 38.1 Å². The highest BCUT2D eigenvalue weighted by molar-refractivity contribution is 7.19. The van der Waals surface area contributed by atoms with Crippen molar-refractivity contribution in [3.63, 3.8) is 0 Å². The molecule has 14 heavy (non-hydrogen) atoms. The number of aryl methyl sites for hydroxylation is 2. The van der Waals surface area contributed by atoms with Crippen LogP contribution in [0.2, 0.25) is 0 Å². The number of thiophene rings is 1. The molecular formula is C13H16S. The minimum atomic E-state index is 1.22. The first-order valence-electron chi connectivity index (χ1n) is 5.28. The van der Waals surface area contributed by atoms with Gasteiger partial charge in [0.15, 0.2) is 0 Å². The zero-order chi connectivity index (χ0) is 9.97. The summed E-state index contributed by atoms with van der Waals surface area (Å²) in [4.78, 5) is 1.41. The minimum absolute atomic E-state index is 1.22. The van der Waals surface area contributed by atoms with Gasteiger partial charge in [0.05, 0.1) is 0 Å². The zero-order valence-corrected chi connectivity index (χ0v) is 9.66. The fourth-order valence-corrected chi connectivity index (χ4v) is 2.67. The molecule has 2 aromatic rings. The standard InChI is InChI=1S/C13H16S/c1-3-4-5-11-6-7-13-12(9-11)8-10(2)14-13/h6-9H,3-5H2,1-2H3. The molecule has 0 atom stereocenters. The van der Waals surface area contributed by atoms with E-state index in [0.717, 1.165) is 0 Å². The summed E-state index contributed by atoms with van der Waals surface area (Å²) >= 11 is 1.88. The Labute approximate surface area is 89.6 Å². The number of hydrogen-bond donors (Lipinski definition) is 0. The predicted octanol–water partition coefficient (Wildman–Crippen LogP) is 4.55. The van der Waals surface area contributed by atoms with Crippen LogP contribution in [0.5, 0.6) is 0 Å². The van der Waals surface area contributed by atoms with Gasteiger partial charge in [-0.3, -0.25) is 0 Å². The zero-order valence-electron chi connectivity index (χ0n) is 8.84. The Bertz CT molecular complexity index is 426. The van der Waals surface area contributed by atoms with Gasteiger partial charge in [0.2, 0.25) is 0 Å². The molecule has 1 aromatic carbocycles.